The van der Waals surface area contributed by atoms with Crippen LogP contribution in [0.4, 0.5) is 0 Å². The Morgan fingerprint density at radius 2 is 1.32 bits per heavy atom. The molecule has 3 aliphatic rings. The van der Waals surface area contributed by atoms with Crippen LogP contribution in [0.3, 0.4) is 0 Å². The second kappa shape index (κ2) is 29.3. The van der Waals surface area contributed by atoms with Crippen LogP contribution in [0.25, 0.3) is 0 Å². The molecule has 3 aliphatic heterocycles. The Morgan fingerprint density at radius 1 is 0.724 bits per heavy atom. The zero-order valence-electron chi connectivity index (χ0n) is 44.0. The Hall–Kier alpha value is -5.54. The largest absolute Gasteiger partial charge is 0.508 e. The Bertz CT molecular complexity index is 2140. The van der Waals surface area contributed by atoms with E-state index in [4.69, 9.17) is 5.73 Å². The van der Waals surface area contributed by atoms with Crippen molar-refractivity contribution in [2.45, 2.75) is 203 Å². The number of carbonyl (C=O) groups excluding carboxylic acids is 8. The first-order chi connectivity index (χ1) is 35.7. The van der Waals surface area contributed by atoms with Crippen molar-refractivity contribution in [2.24, 2.45) is 23.5 Å². The van der Waals surface area contributed by atoms with Gasteiger partial charge in [0.1, 0.15) is 60.3 Å². The van der Waals surface area contributed by atoms with E-state index >= 15 is 0 Å². The van der Waals surface area contributed by atoms with Crippen molar-refractivity contribution in [2.75, 3.05) is 13.1 Å². The summed E-state index contributed by atoms with van der Waals surface area (Å²) in [6, 6.07) is -7.42. The van der Waals surface area contributed by atoms with Gasteiger partial charge < -0.3 is 88.1 Å². The molecular formula is C51H82N8O17. The summed E-state index contributed by atoms with van der Waals surface area (Å²) < 4.78 is 0. The number of nitrogens with zero attached hydrogens (tertiary/aromatic N) is 2. The predicted molar refractivity (Wildman–Crippen MR) is 270 cm³/mol. The fourth-order valence-corrected chi connectivity index (χ4v) is 10.0. The highest BCUT2D eigenvalue weighted by atomic mass is 16.3. The zero-order valence-corrected chi connectivity index (χ0v) is 44.0. The van der Waals surface area contributed by atoms with Gasteiger partial charge in [0.2, 0.25) is 47.3 Å². The molecular weight excluding hydrogens is 997 g/mol. The molecule has 0 spiro atoms. The lowest BCUT2D eigenvalue weighted by atomic mass is 9.91. The molecule has 25 heteroatoms. The summed E-state index contributed by atoms with van der Waals surface area (Å²) in [6.07, 6.45) is -9.95. The van der Waals surface area contributed by atoms with Crippen molar-refractivity contribution in [3.8, 4) is 5.75 Å². The van der Waals surface area contributed by atoms with Gasteiger partial charge in [0, 0.05) is 38.3 Å². The normalized spacial score (nSPS) is 29.8. The van der Waals surface area contributed by atoms with Crippen LogP contribution in [0.15, 0.2) is 24.3 Å². The summed E-state index contributed by atoms with van der Waals surface area (Å²) in [6.45, 7) is 8.17. The number of phenols is 1. The summed E-state index contributed by atoms with van der Waals surface area (Å²) >= 11 is 0. The fourth-order valence-electron chi connectivity index (χ4n) is 10.0. The number of amides is 8. The van der Waals surface area contributed by atoms with E-state index in [0.29, 0.717) is 29.6 Å². The Kier molecular flexibility index (Phi) is 24.3. The topological polar surface area (TPSA) is 411 Å². The third-order valence-corrected chi connectivity index (χ3v) is 14.7. The van der Waals surface area contributed by atoms with Crippen molar-refractivity contribution < 1.29 is 84.3 Å². The summed E-state index contributed by atoms with van der Waals surface area (Å²) in [5, 5.41) is 111. The summed E-state index contributed by atoms with van der Waals surface area (Å²) in [5.41, 5.74) is 5.23. The van der Waals surface area contributed by atoms with E-state index in [0.717, 1.165) is 74.6 Å². The predicted octanol–water partition coefficient (Wildman–Crippen LogP) is -3.10. The van der Waals surface area contributed by atoms with Crippen LogP contribution in [0.5, 0.6) is 5.75 Å². The average molecular weight is 1080 g/mol. The number of carbonyl (C=O) groups is 8. The molecule has 3 fully saturated rings. The average Bonchev–Trinajstić information content (AvgIpc) is 3.90. The number of rotatable bonds is 20. The maximum Gasteiger partial charge on any atom is 0.248 e. The third kappa shape index (κ3) is 17.5. The molecule has 0 unspecified atom stereocenters. The van der Waals surface area contributed by atoms with Crippen LogP contribution < -0.4 is 32.3 Å². The van der Waals surface area contributed by atoms with Gasteiger partial charge in [-0.1, -0.05) is 84.8 Å². The number of aliphatic hydroxyl groups is 8. The lowest BCUT2D eigenvalue weighted by Gasteiger charge is -2.34. The quantitative estimate of drug-likeness (QED) is 0.0575. The number of nitrogens with one attached hydrogen (secondary N) is 5. The van der Waals surface area contributed by atoms with E-state index in [9.17, 15) is 84.3 Å². The highest BCUT2D eigenvalue weighted by Crippen LogP contribution is 2.28. The molecule has 0 aromatic heterocycles. The molecule has 16 N–H and O–H groups in total. The number of hydrogen-bond donors (Lipinski definition) is 15. The van der Waals surface area contributed by atoms with Crippen molar-refractivity contribution in [1.82, 2.24) is 36.4 Å². The van der Waals surface area contributed by atoms with Gasteiger partial charge in [0.25, 0.3) is 0 Å². The van der Waals surface area contributed by atoms with E-state index in [1.54, 1.807) is 0 Å². The molecule has 8 amide bonds. The van der Waals surface area contributed by atoms with Gasteiger partial charge in [-0.2, -0.15) is 0 Å². The van der Waals surface area contributed by atoms with E-state index < -0.39 is 171 Å². The Labute approximate surface area is 442 Å². The molecule has 76 heavy (non-hydrogen) atoms. The number of phenolic OH excluding ortho intramolecular Hbond substituents is 1. The molecule has 17 atom stereocenters. The molecule has 0 bridgehead atoms. The smallest absolute Gasteiger partial charge is 0.248 e. The van der Waals surface area contributed by atoms with Gasteiger partial charge >= 0.3 is 0 Å². The van der Waals surface area contributed by atoms with Crippen LogP contribution in [0, 0.1) is 17.8 Å². The summed E-state index contributed by atoms with van der Waals surface area (Å²) in [5.74, 6) is -9.52. The van der Waals surface area contributed by atoms with Crippen molar-refractivity contribution in [1.29, 1.82) is 0 Å². The van der Waals surface area contributed by atoms with Gasteiger partial charge in [0.15, 0.2) is 6.23 Å². The van der Waals surface area contributed by atoms with Gasteiger partial charge in [-0.3, -0.25) is 38.4 Å². The summed E-state index contributed by atoms with van der Waals surface area (Å²) in [7, 11) is 0. The van der Waals surface area contributed by atoms with Crippen molar-refractivity contribution >= 4 is 47.3 Å². The zero-order chi connectivity index (χ0) is 56.7. The van der Waals surface area contributed by atoms with Crippen molar-refractivity contribution in [3.63, 3.8) is 0 Å². The van der Waals surface area contributed by atoms with Crippen LogP contribution in [0.1, 0.15) is 130 Å². The molecule has 1 aromatic rings. The van der Waals surface area contributed by atoms with Gasteiger partial charge in [0.05, 0.1) is 30.8 Å². The molecule has 4 rings (SSSR count). The monoisotopic (exact) mass is 1080 g/mol. The Balaban J connectivity index is 1.71. The van der Waals surface area contributed by atoms with E-state index in [1.165, 1.54) is 13.3 Å². The number of aromatic hydroxyl groups is 1. The third-order valence-electron chi connectivity index (χ3n) is 14.7. The SMILES string of the molecule is CC[C@H](C)C[C@H](C)CCCCCCCCC(=O)N[C@H]1C[C@@H](O)[C@@H](O)NC(=O)[C@@H]2[C@@H](O)[C@@H](C)CN2C(=O)[C@H]([C@H](O)CC(N)=O)NC(=O)[C@H]([C@H](O)[C@@H](O)c2ccc(O)cc2)NC(=O)[C@@H]2C[C@@H](O)CN2C(=O)[C@H]([C@@H](C)O)NC1=O. The Morgan fingerprint density at radius 3 is 1.93 bits per heavy atom. The highest BCUT2D eigenvalue weighted by molar-refractivity contribution is 5.98. The first-order valence-corrected chi connectivity index (χ1v) is 26.4. The maximum absolute atomic E-state index is 14.5. The molecule has 0 radical (unpaired) electrons. The van der Waals surface area contributed by atoms with Crippen LogP contribution in [-0.2, 0) is 38.4 Å². The number of unbranched alkanes of at least 4 members (excludes halogenated alkanes) is 5. The highest BCUT2D eigenvalue weighted by Gasteiger charge is 2.50. The first kappa shape index (κ1) is 63.0. The lowest BCUT2D eigenvalue weighted by molar-refractivity contribution is -0.149. The standard InChI is InChI=1S/C51H82N8O17/c1-6-25(2)19-26(3)13-11-9-7-8-10-12-14-37(66)53-32-21-35(64)47(72)57-49(74)41-42(67)27(4)23-59(41)51(76)39(34(63)22-36(52)65)55-48(73)40(44(69)43(68)29-15-17-30(61)18-16-29)56-46(71)33-20-31(62)24-58(33)50(75)38(28(5)60)54-45(32)70/h15-18,25-28,31-35,38-44,47,60-64,67-69,72H,6-14,19-24H2,1-5H3,(H2,52,65)(H,53,66)(H,54,70)(H,55,73)(H,56,71)(H,57,74)/t25-,26+,27-,28+,31+,32-,33-,34+,35+,38-,39-,40-,41-,42-,43-,44-,47+/m0/s1. The second-order valence-corrected chi connectivity index (χ2v) is 21.2. The molecule has 3 heterocycles. The number of hydrogen-bond acceptors (Lipinski definition) is 17. The first-order valence-electron chi connectivity index (χ1n) is 26.4. The van der Waals surface area contributed by atoms with Crippen molar-refractivity contribution in [3.05, 3.63) is 29.8 Å². The van der Waals surface area contributed by atoms with E-state index in [2.05, 4.69) is 47.4 Å². The number of aliphatic hydroxyl groups excluding tert-OH is 8. The van der Waals surface area contributed by atoms with Crippen LogP contribution in [-0.4, -0.2) is 195 Å². The van der Waals surface area contributed by atoms with Crippen LogP contribution >= 0.6 is 0 Å². The lowest BCUT2D eigenvalue weighted by Crippen LogP contribution is -2.64. The fraction of sp³-hybridized carbons (Fsp3) is 0.725. The second-order valence-electron chi connectivity index (χ2n) is 21.2. The molecule has 25 nitrogen and oxygen atoms in total. The molecule has 0 aliphatic carbocycles. The minimum Gasteiger partial charge on any atom is -0.508 e. The number of fused-ring (bicyclic) bond motifs is 2. The minimum absolute atomic E-state index is 0.0813. The number of primary amides is 1. The molecule has 1 aromatic carbocycles. The van der Waals surface area contributed by atoms with Gasteiger partial charge in [-0.25, -0.2) is 0 Å². The van der Waals surface area contributed by atoms with E-state index in [1.807, 2.05) is 0 Å². The maximum atomic E-state index is 14.5. The van der Waals surface area contributed by atoms with E-state index in [-0.39, 0.29) is 17.7 Å². The van der Waals surface area contributed by atoms with Gasteiger partial charge in [-0.15, -0.1) is 0 Å². The number of nitrogens with two attached hydrogens (primary N) is 1. The molecule has 428 valence electrons. The molecule has 0 saturated carbocycles. The van der Waals surface area contributed by atoms with Crippen LogP contribution in [0.2, 0.25) is 0 Å². The molecule has 3 saturated heterocycles. The summed E-state index contributed by atoms with van der Waals surface area (Å²) in [4.78, 5) is 113. The van der Waals surface area contributed by atoms with Gasteiger partial charge in [-0.05, 0) is 49.3 Å². The minimum atomic E-state index is -2.37. The number of benzene rings is 1.